The highest BCUT2D eigenvalue weighted by Crippen LogP contribution is 2.30. The fourth-order valence-electron chi connectivity index (χ4n) is 4.04. The van der Waals surface area contributed by atoms with Crippen molar-refractivity contribution in [2.24, 2.45) is 5.73 Å². The normalized spacial score (nSPS) is 14.0. The maximum atomic E-state index is 13.0. The third kappa shape index (κ3) is 6.98. The van der Waals surface area contributed by atoms with Gasteiger partial charge in [-0.2, -0.15) is 0 Å². The van der Waals surface area contributed by atoms with Crippen molar-refractivity contribution in [3.8, 4) is 0 Å². The van der Waals surface area contributed by atoms with Crippen molar-refractivity contribution in [1.29, 1.82) is 0 Å². The highest BCUT2D eigenvalue weighted by Gasteiger charge is 2.28. The molecule has 2 amide bonds. The van der Waals surface area contributed by atoms with E-state index in [4.69, 9.17) is 27.7 Å². The van der Waals surface area contributed by atoms with E-state index in [-0.39, 0.29) is 22.8 Å². The summed E-state index contributed by atoms with van der Waals surface area (Å²) in [5.41, 5.74) is 9.15. The zero-order valence-electron chi connectivity index (χ0n) is 19.8. The predicted octanol–water partition coefficient (Wildman–Crippen LogP) is 3.22. The Kier molecular flexibility index (Phi) is 9.35. The molecule has 9 heteroatoms. The molecule has 0 spiro atoms. The highest BCUT2D eigenvalue weighted by molar-refractivity contribution is 7.80. The molecule has 1 saturated heterocycles. The first kappa shape index (κ1) is 25.6. The number of ether oxygens (including phenoxy) is 1. The van der Waals surface area contributed by atoms with Gasteiger partial charge >= 0.3 is 0 Å². The largest absolute Gasteiger partial charge is 0.380 e. The summed E-state index contributed by atoms with van der Waals surface area (Å²) < 4.78 is 5.45. The predicted molar refractivity (Wildman–Crippen MR) is 137 cm³/mol. The number of likely N-dealkylation sites (tertiary alicyclic amines) is 1. The number of carbonyl (C=O) groups excluding carboxylic acids is 2. The van der Waals surface area contributed by atoms with Crippen LogP contribution in [0.25, 0.3) is 0 Å². The number of thiocarbonyl (C=S) groups is 1. The number of carbonyl (C=O) groups is 2. The molecule has 8 nitrogen and oxygen atoms in total. The van der Waals surface area contributed by atoms with Crippen molar-refractivity contribution in [2.75, 3.05) is 38.2 Å². The van der Waals surface area contributed by atoms with Crippen LogP contribution in [-0.4, -0.2) is 59.7 Å². The lowest BCUT2D eigenvalue weighted by Gasteiger charge is -2.32. The molecule has 2 aromatic rings. The molecule has 3 rings (SSSR count). The molecule has 0 saturated carbocycles. The highest BCUT2D eigenvalue weighted by atomic mass is 32.1. The van der Waals surface area contributed by atoms with Crippen molar-refractivity contribution in [3.05, 3.63) is 58.9 Å². The summed E-state index contributed by atoms with van der Waals surface area (Å²) in [6.07, 6.45) is 2.46. The summed E-state index contributed by atoms with van der Waals surface area (Å²) in [5.74, 6) is -0.0208. The van der Waals surface area contributed by atoms with Crippen LogP contribution in [0, 0.1) is 6.92 Å². The minimum Gasteiger partial charge on any atom is -0.380 e. The number of benzene rings is 1. The number of hydrogen-bond acceptors (Lipinski definition) is 5. The summed E-state index contributed by atoms with van der Waals surface area (Å²) in [5, 5.41) is 5.97. The number of amides is 2. The lowest BCUT2D eigenvalue weighted by Crippen LogP contribution is -2.38. The van der Waals surface area contributed by atoms with Gasteiger partial charge in [0.2, 0.25) is 0 Å². The molecule has 0 atom stereocenters. The fraction of sp³-hybridized carbons (Fsp3) is 0.440. The van der Waals surface area contributed by atoms with Gasteiger partial charge in [0, 0.05) is 49.1 Å². The summed E-state index contributed by atoms with van der Waals surface area (Å²) in [6.45, 7) is 6.84. The quantitative estimate of drug-likeness (QED) is 0.371. The molecular weight excluding hydrogens is 450 g/mol. The van der Waals surface area contributed by atoms with E-state index in [1.807, 2.05) is 30.9 Å². The number of rotatable bonds is 9. The minimum absolute atomic E-state index is 0.0115. The summed E-state index contributed by atoms with van der Waals surface area (Å²) >= 11 is 4.84. The molecule has 1 aromatic carbocycles. The maximum Gasteiger partial charge on any atom is 0.253 e. The number of hydrogen-bond donors (Lipinski definition) is 3. The van der Waals surface area contributed by atoms with Gasteiger partial charge in [0.05, 0.1) is 17.9 Å². The first-order valence-corrected chi connectivity index (χ1v) is 12.1. The monoisotopic (exact) mass is 483 g/mol. The molecule has 1 aromatic heterocycles. The molecule has 0 bridgehead atoms. The summed E-state index contributed by atoms with van der Waals surface area (Å²) in [4.78, 5) is 32.3. The molecule has 0 aliphatic carbocycles. The van der Waals surface area contributed by atoms with Crippen molar-refractivity contribution in [3.63, 3.8) is 0 Å². The summed E-state index contributed by atoms with van der Waals surface area (Å²) in [7, 11) is 0. The van der Waals surface area contributed by atoms with Crippen molar-refractivity contribution in [2.45, 2.75) is 39.0 Å². The van der Waals surface area contributed by atoms with Crippen molar-refractivity contribution < 1.29 is 14.3 Å². The Labute approximate surface area is 206 Å². The van der Waals surface area contributed by atoms with E-state index in [2.05, 4.69) is 10.6 Å². The van der Waals surface area contributed by atoms with Crippen LogP contribution >= 0.6 is 12.2 Å². The second kappa shape index (κ2) is 12.4. The third-order valence-corrected chi connectivity index (χ3v) is 5.86. The van der Waals surface area contributed by atoms with E-state index in [1.54, 1.807) is 24.3 Å². The summed E-state index contributed by atoms with van der Waals surface area (Å²) in [6, 6.07) is 10.8. The Balaban J connectivity index is 1.61. The van der Waals surface area contributed by atoms with Gasteiger partial charge in [0.1, 0.15) is 0 Å². The van der Waals surface area contributed by atoms with Crippen LogP contribution in [0.5, 0.6) is 0 Å². The number of nitrogens with zero attached hydrogens (tertiary/aromatic N) is 2. The lowest BCUT2D eigenvalue weighted by atomic mass is 9.89. The molecule has 0 radical (unpaired) electrons. The Morgan fingerprint density at radius 2 is 1.85 bits per heavy atom. The van der Waals surface area contributed by atoms with Crippen molar-refractivity contribution >= 4 is 34.8 Å². The Morgan fingerprint density at radius 1 is 1.15 bits per heavy atom. The molecule has 1 aliphatic heterocycles. The van der Waals surface area contributed by atoms with Gasteiger partial charge in [-0.05, 0) is 74.8 Å². The van der Waals surface area contributed by atoms with Crippen LogP contribution in [0.3, 0.4) is 0 Å². The average molecular weight is 484 g/mol. The molecule has 2 heterocycles. The van der Waals surface area contributed by atoms with Crippen LogP contribution in [-0.2, 0) is 4.74 Å². The molecule has 0 unspecified atom stereocenters. The Bertz CT molecular complexity index is 1000. The lowest BCUT2D eigenvalue weighted by molar-refractivity contribution is 0.0710. The van der Waals surface area contributed by atoms with E-state index >= 15 is 0 Å². The van der Waals surface area contributed by atoms with Crippen LogP contribution in [0.15, 0.2) is 36.4 Å². The SMILES string of the molecule is CCCOCCNC(=O)c1ccc(C)nc1C1CCN(C(=O)c2ccc(NC(N)=S)cc2)CC1. The number of piperidine rings is 1. The molecule has 34 heavy (non-hydrogen) atoms. The zero-order valence-corrected chi connectivity index (χ0v) is 20.6. The van der Waals surface area contributed by atoms with E-state index < -0.39 is 0 Å². The van der Waals surface area contributed by atoms with Gasteiger partial charge in [-0.25, -0.2) is 0 Å². The molecule has 182 valence electrons. The second-order valence-corrected chi connectivity index (χ2v) is 8.83. The number of pyridine rings is 1. The first-order chi connectivity index (χ1) is 16.4. The van der Waals surface area contributed by atoms with Crippen molar-refractivity contribution in [1.82, 2.24) is 15.2 Å². The standard InChI is InChI=1S/C25H33N5O3S/c1-3-15-33-16-12-27-23(31)21-9-4-17(2)28-22(21)18-10-13-30(14-11-18)24(32)19-5-7-20(8-6-19)29-25(26)34/h4-9,18H,3,10-16H2,1-2H3,(H,27,31)(H3,26,29,34). The number of aromatic nitrogens is 1. The van der Waals surface area contributed by atoms with Gasteiger partial charge in [-0.1, -0.05) is 6.92 Å². The topological polar surface area (TPSA) is 110 Å². The van der Waals surface area contributed by atoms with Crippen LogP contribution in [0.2, 0.25) is 0 Å². The Morgan fingerprint density at radius 3 is 2.50 bits per heavy atom. The number of anilines is 1. The van der Waals surface area contributed by atoms with E-state index in [1.165, 1.54) is 0 Å². The number of nitrogens with two attached hydrogens (primary N) is 1. The fourth-order valence-corrected chi connectivity index (χ4v) is 4.15. The average Bonchev–Trinajstić information content (AvgIpc) is 2.83. The van der Waals surface area contributed by atoms with Crippen LogP contribution in [0.4, 0.5) is 5.69 Å². The number of nitrogens with one attached hydrogen (secondary N) is 2. The van der Waals surface area contributed by atoms with Gasteiger partial charge in [-0.3, -0.25) is 14.6 Å². The van der Waals surface area contributed by atoms with Gasteiger partial charge in [0.25, 0.3) is 11.8 Å². The Hall–Kier alpha value is -3.04. The van der Waals surface area contributed by atoms with Crippen LogP contribution < -0.4 is 16.4 Å². The van der Waals surface area contributed by atoms with E-state index in [0.717, 1.165) is 36.3 Å². The smallest absolute Gasteiger partial charge is 0.253 e. The number of aryl methyl sites for hydroxylation is 1. The molecule has 1 aliphatic rings. The van der Waals surface area contributed by atoms with Crippen LogP contribution in [0.1, 0.15) is 64.2 Å². The third-order valence-electron chi connectivity index (χ3n) is 5.76. The zero-order chi connectivity index (χ0) is 24.5. The maximum absolute atomic E-state index is 13.0. The van der Waals surface area contributed by atoms with Gasteiger partial charge in [0.15, 0.2) is 5.11 Å². The van der Waals surface area contributed by atoms with Gasteiger partial charge < -0.3 is 26.0 Å². The molecular formula is C25H33N5O3S. The minimum atomic E-state index is -0.133. The second-order valence-electron chi connectivity index (χ2n) is 8.39. The van der Waals surface area contributed by atoms with Gasteiger partial charge in [-0.15, -0.1) is 0 Å². The van der Waals surface area contributed by atoms with E-state index in [9.17, 15) is 9.59 Å². The molecule has 1 fully saturated rings. The first-order valence-electron chi connectivity index (χ1n) is 11.7. The van der Waals surface area contributed by atoms with E-state index in [0.29, 0.717) is 44.0 Å². The molecule has 4 N–H and O–H groups in total.